The molecule has 0 radical (unpaired) electrons. The average molecular weight is 282 g/mol. The first-order valence-corrected chi connectivity index (χ1v) is 7.51. The highest BCUT2D eigenvalue weighted by atomic mass is 16.2. The molecule has 2 heterocycles. The second-order valence-corrected chi connectivity index (χ2v) is 6.13. The minimum absolute atomic E-state index is 0.0876. The van der Waals surface area contributed by atoms with E-state index in [1.165, 1.54) is 0 Å². The monoisotopic (exact) mass is 282 g/mol. The predicted molar refractivity (Wildman–Crippen MR) is 81.4 cm³/mol. The van der Waals surface area contributed by atoms with Crippen LogP contribution in [-0.4, -0.2) is 21.9 Å². The molecular formula is C17H18N2O2. The molecule has 21 heavy (non-hydrogen) atoms. The van der Waals surface area contributed by atoms with Gasteiger partial charge < -0.3 is 9.47 Å². The number of hydrogen-bond donors (Lipinski definition) is 0. The lowest BCUT2D eigenvalue weighted by molar-refractivity contribution is -0.132. The highest BCUT2D eigenvalue weighted by Gasteiger charge is 2.37. The molecule has 1 amide bonds. The second kappa shape index (κ2) is 4.20. The van der Waals surface area contributed by atoms with E-state index in [4.69, 9.17) is 0 Å². The zero-order chi connectivity index (χ0) is 14.7. The van der Waals surface area contributed by atoms with Crippen molar-refractivity contribution in [2.45, 2.75) is 39.3 Å². The molecule has 1 aromatic heterocycles. The van der Waals surface area contributed by atoms with E-state index in [-0.39, 0.29) is 17.4 Å². The van der Waals surface area contributed by atoms with Crippen molar-refractivity contribution in [2.75, 3.05) is 6.54 Å². The predicted octanol–water partition coefficient (Wildman–Crippen LogP) is 2.16. The summed E-state index contributed by atoms with van der Waals surface area (Å²) in [5.41, 5.74) is 4.29. The van der Waals surface area contributed by atoms with Gasteiger partial charge in [-0.25, -0.2) is 0 Å². The smallest absolute Gasteiger partial charge is 0.220 e. The van der Waals surface area contributed by atoms with Crippen LogP contribution < -0.4 is 5.43 Å². The third-order valence-electron chi connectivity index (χ3n) is 4.89. The van der Waals surface area contributed by atoms with Crippen LogP contribution in [0.25, 0.3) is 10.9 Å². The highest BCUT2D eigenvalue weighted by molar-refractivity contribution is 5.82. The summed E-state index contributed by atoms with van der Waals surface area (Å²) in [6, 6.07) is 6.18. The first kappa shape index (κ1) is 12.6. The first-order valence-electron chi connectivity index (χ1n) is 7.51. The molecule has 1 aliphatic carbocycles. The summed E-state index contributed by atoms with van der Waals surface area (Å²) in [4.78, 5) is 26.5. The van der Waals surface area contributed by atoms with Crippen LogP contribution in [-0.2, 0) is 17.8 Å². The molecule has 4 rings (SSSR count). The Bertz CT molecular complexity index is 835. The Morgan fingerprint density at radius 1 is 1.29 bits per heavy atom. The number of carbonyl (C=O) groups excluding carboxylic acids is 1. The van der Waals surface area contributed by atoms with Gasteiger partial charge in [0.15, 0.2) is 5.43 Å². The fourth-order valence-electron chi connectivity index (χ4n) is 3.96. The second-order valence-electron chi connectivity index (χ2n) is 6.13. The number of nitrogens with zero attached hydrogens (tertiary/aromatic N) is 2. The lowest BCUT2D eigenvalue weighted by Crippen LogP contribution is -2.41. The maximum absolute atomic E-state index is 12.8. The van der Waals surface area contributed by atoms with Crippen LogP contribution in [0.3, 0.4) is 0 Å². The van der Waals surface area contributed by atoms with E-state index in [0.717, 1.165) is 53.7 Å². The summed E-state index contributed by atoms with van der Waals surface area (Å²) >= 11 is 0. The molecule has 4 nitrogen and oxygen atoms in total. The van der Waals surface area contributed by atoms with Crippen LogP contribution in [0, 0.1) is 6.92 Å². The lowest BCUT2D eigenvalue weighted by Gasteiger charge is -2.36. The van der Waals surface area contributed by atoms with E-state index < -0.39 is 0 Å². The van der Waals surface area contributed by atoms with E-state index in [2.05, 4.69) is 10.6 Å². The van der Waals surface area contributed by atoms with Gasteiger partial charge in [-0.05, 0) is 31.9 Å². The minimum atomic E-state index is 0.0876. The lowest BCUT2D eigenvalue weighted by atomic mass is 10.0. The van der Waals surface area contributed by atoms with Crippen molar-refractivity contribution in [3.05, 3.63) is 45.2 Å². The number of hydrogen-bond acceptors (Lipinski definition) is 2. The molecule has 2 aliphatic rings. The van der Waals surface area contributed by atoms with Crippen molar-refractivity contribution < 1.29 is 4.79 Å². The fourth-order valence-corrected chi connectivity index (χ4v) is 3.96. The van der Waals surface area contributed by atoms with E-state index in [1.54, 1.807) is 6.92 Å². The van der Waals surface area contributed by atoms with Gasteiger partial charge in [0, 0.05) is 36.7 Å². The van der Waals surface area contributed by atoms with Crippen molar-refractivity contribution in [3.8, 4) is 0 Å². The summed E-state index contributed by atoms with van der Waals surface area (Å²) in [5, 5.41) is 0.825. The third kappa shape index (κ3) is 1.62. The van der Waals surface area contributed by atoms with Crippen LogP contribution in [0.1, 0.15) is 36.2 Å². The normalized spacial score (nSPS) is 19.9. The van der Waals surface area contributed by atoms with Crippen molar-refractivity contribution in [1.29, 1.82) is 0 Å². The van der Waals surface area contributed by atoms with Crippen molar-refractivity contribution in [2.24, 2.45) is 0 Å². The average Bonchev–Trinajstić information content (AvgIpc) is 2.89. The van der Waals surface area contributed by atoms with Gasteiger partial charge in [0.05, 0.1) is 11.6 Å². The SMILES string of the molecule is CC(=O)N1CCn2c3c(c(=O)c4cc(C)ccc42)CC[C@H]31. The number of rotatable bonds is 0. The number of aryl methyl sites for hydroxylation is 1. The van der Waals surface area contributed by atoms with Crippen LogP contribution in [0.15, 0.2) is 23.0 Å². The molecule has 4 heteroatoms. The molecule has 0 bridgehead atoms. The van der Waals surface area contributed by atoms with Gasteiger partial charge in [0.2, 0.25) is 5.91 Å². The third-order valence-corrected chi connectivity index (χ3v) is 4.89. The van der Waals surface area contributed by atoms with Crippen LogP contribution in [0.2, 0.25) is 0 Å². The quantitative estimate of drug-likeness (QED) is 0.743. The summed E-state index contributed by atoms with van der Waals surface area (Å²) in [6.45, 7) is 5.15. The van der Waals surface area contributed by atoms with E-state index in [9.17, 15) is 9.59 Å². The summed E-state index contributed by atoms with van der Waals surface area (Å²) < 4.78 is 2.27. The number of fused-ring (bicyclic) bond motifs is 2. The molecule has 0 spiro atoms. The molecule has 1 atom stereocenters. The summed E-state index contributed by atoms with van der Waals surface area (Å²) in [5.74, 6) is 0.107. The summed E-state index contributed by atoms with van der Waals surface area (Å²) in [6.07, 6.45) is 1.66. The standard InChI is InChI=1S/C17H18N2O2/c1-10-3-5-14-13(9-10)17(21)12-4-6-15-16(12)19(14)8-7-18(15)11(2)20/h3,5,9,15H,4,6-8H2,1-2H3/t15-/m1/s1. The molecule has 0 saturated carbocycles. The Balaban J connectivity index is 2.06. The Labute approximate surface area is 123 Å². The van der Waals surface area contributed by atoms with Gasteiger partial charge in [0.25, 0.3) is 0 Å². The maximum atomic E-state index is 12.8. The molecule has 108 valence electrons. The van der Waals surface area contributed by atoms with Crippen LogP contribution >= 0.6 is 0 Å². The number of carbonyl (C=O) groups is 1. The molecule has 0 unspecified atom stereocenters. The molecule has 1 aliphatic heterocycles. The Kier molecular flexibility index (Phi) is 2.52. The molecule has 2 aromatic rings. The molecule has 0 N–H and O–H groups in total. The van der Waals surface area contributed by atoms with Gasteiger partial charge in [-0.1, -0.05) is 11.6 Å². The molecule has 1 aromatic carbocycles. The van der Waals surface area contributed by atoms with Gasteiger partial charge >= 0.3 is 0 Å². The van der Waals surface area contributed by atoms with Gasteiger partial charge in [-0.3, -0.25) is 9.59 Å². The van der Waals surface area contributed by atoms with Crippen molar-refractivity contribution in [1.82, 2.24) is 9.47 Å². The molecule has 0 saturated heterocycles. The Hall–Kier alpha value is -2.10. The van der Waals surface area contributed by atoms with E-state index in [1.807, 2.05) is 24.0 Å². The minimum Gasteiger partial charge on any atom is -0.340 e. The maximum Gasteiger partial charge on any atom is 0.220 e. The zero-order valence-corrected chi connectivity index (χ0v) is 12.3. The van der Waals surface area contributed by atoms with Gasteiger partial charge in [-0.15, -0.1) is 0 Å². The first-order chi connectivity index (χ1) is 10.1. The largest absolute Gasteiger partial charge is 0.340 e. The number of benzene rings is 1. The Morgan fingerprint density at radius 2 is 2.10 bits per heavy atom. The van der Waals surface area contributed by atoms with Gasteiger partial charge in [-0.2, -0.15) is 0 Å². The highest BCUT2D eigenvalue weighted by Crippen LogP contribution is 2.38. The van der Waals surface area contributed by atoms with Crippen LogP contribution in [0.4, 0.5) is 0 Å². The Morgan fingerprint density at radius 3 is 2.86 bits per heavy atom. The number of pyridine rings is 1. The molecule has 0 fully saturated rings. The van der Waals surface area contributed by atoms with Crippen LogP contribution in [0.5, 0.6) is 0 Å². The topological polar surface area (TPSA) is 42.3 Å². The van der Waals surface area contributed by atoms with Crippen molar-refractivity contribution in [3.63, 3.8) is 0 Å². The number of amides is 1. The van der Waals surface area contributed by atoms with E-state index in [0.29, 0.717) is 0 Å². The van der Waals surface area contributed by atoms with E-state index >= 15 is 0 Å². The fraction of sp³-hybridized carbons (Fsp3) is 0.412. The van der Waals surface area contributed by atoms with Crippen molar-refractivity contribution >= 4 is 16.8 Å². The summed E-state index contributed by atoms with van der Waals surface area (Å²) in [7, 11) is 0. The zero-order valence-electron chi connectivity index (χ0n) is 12.3. The number of aromatic nitrogens is 1. The van der Waals surface area contributed by atoms with Gasteiger partial charge in [0.1, 0.15) is 0 Å². The molecular weight excluding hydrogens is 264 g/mol.